The van der Waals surface area contributed by atoms with Crippen LogP contribution in [0.2, 0.25) is 0 Å². The first-order chi connectivity index (χ1) is 12.9. The van der Waals surface area contributed by atoms with Gasteiger partial charge in [0.1, 0.15) is 0 Å². The highest BCUT2D eigenvalue weighted by molar-refractivity contribution is 5.99. The molecule has 1 saturated carbocycles. The lowest BCUT2D eigenvalue weighted by Gasteiger charge is -2.40. The Bertz CT molecular complexity index is 765. The van der Waals surface area contributed by atoms with Crippen molar-refractivity contribution in [1.29, 1.82) is 0 Å². The summed E-state index contributed by atoms with van der Waals surface area (Å²) in [6.45, 7) is 6.60. The molecule has 3 atom stereocenters. The average molecular weight is 371 g/mol. The number of rotatable bonds is 3. The summed E-state index contributed by atoms with van der Waals surface area (Å²) in [6, 6.07) is 5.50. The van der Waals surface area contributed by atoms with Crippen molar-refractivity contribution in [3.63, 3.8) is 0 Å². The molecular formula is C21H29N3O3. The maximum absolute atomic E-state index is 13.2. The predicted molar refractivity (Wildman–Crippen MR) is 104 cm³/mol. The third-order valence-electron chi connectivity index (χ3n) is 6.82. The van der Waals surface area contributed by atoms with Gasteiger partial charge in [0.15, 0.2) is 0 Å². The molecule has 27 heavy (non-hydrogen) atoms. The Balaban J connectivity index is 1.56. The molecule has 1 aliphatic carbocycles. The number of hydrogen-bond donors (Lipinski definition) is 2. The van der Waals surface area contributed by atoms with E-state index in [4.69, 9.17) is 0 Å². The van der Waals surface area contributed by atoms with Crippen molar-refractivity contribution < 1.29 is 14.7 Å². The second kappa shape index (κ2) is 6.82. The highest BCUT2D eigenvalue weighted by Crippen LogP contribution is 2.44. The zero-order valence-electron chi connectivity index (χ0n) is 16.2. The molecule has 0 spiro atoms. The van der Waals surface area contributed by atoms with Crippen LogP contribution < -0.4 is 10.2 Å². The molecule has 6 heteroatoms. The van der Waals surface area contributed by atoms with Gasteiger partial charge in [0.05, 0.1) is 5.60 Å². The molecule has 3 aliphatic rings. The number of carbonyl (C=O) groups is 2. The van der Waals surface area contributed by atoms with Crippen molar-refractivity contribution in [3.8, 4) is 0 Å². The molecule has 0 unspecified atom stereocenters. The van der Waals surface area contributed by atoms with Crippen LogP contribution in [-0.4, -0.2) is 53.7 Å². The average Bonchev–Trinajstić information content (AvgIpc) is 3.29. The van der Waals surface area contributed by atoms with E-state index in [2.05, 4.69) is 5.32 Å². The number of likely N-dealkylation sites (tertiary alicyclic amines) is 1. The fourth-order valence-corrected chi connectivity index (χ4v) is 5.15. The van der Waals surface area contributed by atoms with Gasteiger partial charge in [-0.15, -0.1) is 0 Å². The van der Waals surface area contributed by atoms with Gasteiger partial charge in [-0.05, 0) is 49.8 Å². The van der Waals surface area contributed by atoms with Crippen LogP contribution in [0.5, 0.6) is 0 Å². The molecule has 3 fully saturated rings. The van der Waals surface area contributed by atoms with E-state index in [9.17, 15) is 14.7 Å². The van der Waals surface area contributed by atoms with Crippen LogP contribution >= 0.6 is 0 Å². The summed E-state index contributed by atoms with van der Waals surface area (Å²) in [6.07, 6.45) is 3.70. The lowest BCUT2D eigenvalue weighted by Crippen LogP contribution is -2.44. The number of urea groups is 1. The SMILES string of the molecule is CC[C@]1(O)CCC[C@H]2CN(C(=O)c3ccc(C)c(N4CCNC4=O)c3)C[C@H]21. The molecule has 3 amide bonds. The van der Waals surface area contributed by atoms with Crippen molar-refractivity contribution in [2.45, 2.75) is 45.1 Å². The number of nitrogens with one attached hydrogen (secondary N) is 1. The van der Waals surface area contributed by atoms with Crippen LogP contribution in [0.1, 0.15) is 48.5 Å². The lowest BCUT2D eigenvalue weighted by molar-refractivity contribution is -0.0609. The molecule has 146 valence electrons. The molecule has 2 N–H and O–H groups in total. The van der Waals surface area contributed by atoms with Crippen LogP contribution in [0.3, 0.4) is 0 Å². The van der Waals surface area contributed by atoms with E-state index in [-0.39, 0.29) is 17.9 Å². The molecule has 2 aliphatic heterocycles. The Kier molecular flexibility index (Phi) is 4.62. The third kappa shape index (κ3) is 3.10. The van der Waals surface area contributed by atoms with Crippen molar-refractivity contribution >= 4 is 17.6 Å². The molecule has 1 aromatic carbocycles. The number of carbonyl (C=O) groups excluding carboxylic acids is 2. The van der Waals surface area contributed by atoms with Gasteiger partial charge in [0.2, 0.25) is 0 Å². The standard InChI is InChI=1S/C21H29N3O3/c1-3-21(27)8-4-5-16-12-23(13-17(16)21)19(25)15-7-6-14(2)18(11-15)24-10-9-22-20(24)26/h6-7,11,16-17,27H,3-5,8-10,12-13H2,1-2H3,(H,22,26)/t16-,17+,21-/m0/s1. The van der Waals surface area contributed by atoms with E-state index >= 15 is 0 Å². The van der Waals surface area contributed by atoms with E-state index in [1.54, 1.807) is 4.90 Å². The monoisotopic (exact) mass is 371 g/mol. The summed E-state index contributed by atoms with van der Waals surface area (Å²) in [5.74, 6) is 0.570. The van der Waals surface area contributed by atoms with Gasteiger partial charge < -0.3 is 15.3 Å². The molecule has 4 rings (SSSR count). The second-order valence-corrected chi connectivity index (χ2v) is 8.31. The summed E-state index contributed by atoms with van der Waals surface area (Å²) in [4.78, 5) is 28.8. The lowest BCUT2D eigenvalue weighted by atomic mass is 9.69. The first kappa shape index (κ1) is 18.3. The number of benzene rings is 1. The van der Waals surface area contributed by atoms with E-state index in [0.717, 1.165) is 43.5 Å². The minimum absolute atomic E-state index is 0.00343. The largest absolute Gasteiger partial charge is 0.390 e. The first-order valence-corrected chi connectivity index (χ1v) is 10.1. The third-order valence-corrected chi connectivity index (χ3v) is 6.82. The van der Waals surface area contributed by atoms with E-state index in [1.807, 2.05) is 36.9 Å². The van der Waals surface area contributed by atoms with Gasteiger partial charge in [0.25, 0.3) is 5.91 Å². The fraction of sp³-hybridized carbons (Fsp3) is 0.619. The second-order valence-electron chi connectivity index (χ2n) is 8.31. The van der Waals surface area contributed by atoms with Crippen molar-refractivity contribution in [3.05, 3.63) is 29.3 Å². The highest BCUT2D eigenvalue weighted by Gasteiger charge is 2.48. The Hall–Kier alpha value is -2.08. The molecular weight excluding hydrogens is 342 g/mol. The first-order valence-electron chi connectivity index (χ1n) is 10.1. The highest BCUT2D eigenvalue weighted by atomic mass is 16.3. The Labute approximate surface area is 160 Å². The zero-order valence-corrected chi connectivity index (χ0v) is 16.2. The number of amides is 3. The molecule has 2 heterocycles. The maximum atomic E-state index is 13.2. The molecule has 0 radical (unpaired) electrons. The Morgan fingerprint density at radius 3 is 2.89 bits per heavy atom. The number of hydrogen-bond acceptors (Lipinski definition) is 3. The molecule has 1 aromatic rings. The smallest absolute Gasteiger partial charge is 0.322 e. The van der Waals surface area contributed by atoms with Gasteiger partial charge in [-0.2, -0.15) is 0 Å². The van der Waals surface area contributed by atoms with Gasteiger partial charge in [-0.1, -0.05) is 19.4 Å². The summed E-state index contributed by atoms with van der Waals surface area (Å²) in [5, 5.41) is 13.8. The van der Waals surface area contributed by atoms with Gasteiger partial charge >= 0.3 is 6.03 Å². The van der Waals surface area contributed by atoms with E-state index in [1.165, 1.54) is 0 Å². The van der Waals surface area contributed by atoms with Crippen LogP contribution in [0.4, 0.5) is 10.5 Å². The van der Waals surface area contributed by atoms with Crippen LogP contribution in [0.25, 0.3) is 0 Å². The number of nitrogens with zero attached hydrogens (tertiary/aromatic N) is 2. The number of anilines is 1. The Morgan fingerprint density at radius 2 is 2.19 bits per heavy atom. The predicted octanol–water partition coefficient (Wildman–Crippen LogP) is 2.54. The molecule has 0 bridgehead atoms. The Morgan fingerprint density at radius 1 is 1.37 bits per heavy atom. The zero-order chi connectivity index (χ0) is 19.2. The summed E-state index contributed by atoms with van der Waals surface area (Å²) < 4.78 is 0. The van der Waals surface area contributed by atoms with Crippen LogP contribution in [0, 0.1) is 18.8 Å². The van der Waals surface area contributed by atoms with Crippen LogP contribution in [-0.2, 0) is 0 Å². The maximum Gasteiger partial charge on any atom is 0.322 e. The number of aliphatic hydroxyl groups is 1. The molecule has 6 nitrogen and oxygen atoms in total. The minimum Gasteiger partial charge on any atom is -0.390 e. The van der Waals surface area contributed by atoms with Gasteiger partial charge in [-0.3, -0.25) is 9.69 Å². The van der Waals surface area contributed by atoms with Crippen molar-refractivity contribution in [2.75, 3.05) is 31.1 Å². The van der Waals surface area contributed by atoms with Gasteiger partial charge in [-0.25, -0.2) is 4.79 Å². The summed E-state index contributed by atoms with van der Waals surface area (Å²) in [7, 11) is 0. The number of aryl methyl sites for hydroxylation is 1. The molecule has 2 saturated heterocycles. The van der Waals surface area contributed by atoms with E-state index in [0.29, 0.717) is 31.1 Å². The van der Waals surface area contributed by atoms with Crippen LogP contribution in [0.15, 0.2) is 18.2 Å². The topological polar surface area (TPSA) is 72.9 Å². The molecule has 0 aromatic heterocycles. The van der Waals surface area contributed by atoms with Crippen molar-refractivity contribution in [1.82, 2.24) is 10.2 Å². The summed E-state index contributed by atoms with van der Waals surface area (Å²) >= 11 is 0. The van der Waals surface area contributed by atoms with E-state index < -0.39 is 5.60 Å². The summed E-state index contributed by atoms with van der Waals surface area (Å²) in [5.41, 5.74) is 1.77. The van der Waals surface area contributed by atoms with Gasteiger partial charge in [0, 0.05) is 43.3 Å². The fourth-order valence-electron chi connectivity index (χ4n) is 5.15. The number of fused-ring (bicyclic) bond motifs is 1. The minimum atomic E-state index is -0.635. The normalized spacial score (nSPS) is 30.4. The quantitative estimate of drug-likeness (QED) is 0.858. The van der Waals surface area contributed by atoms with Crippen molar-refractivity contribution in [2.24, 2.45) is 11.8 Å².